The Kier molecular flexibility index (Phi) is 4.49. The van der Waals surface area contributed by atoms with E-state index in [1.807, 2.05) is 0 Å². The summed E-state index contributed by atoms with van der Waals surface area (Å²) in [5.74, 6) is 1.23. The van der Waals surface area contributed by atoms with E-state index >= 15 is 0 Å². The SMILES string of the molecule is CC1CCC(NC(=O)N(C)CC(O)C2CC2)CC1. The Balaban J connectivity index is 1.69. The predicted molar refractivity (Wildman–Crippen MR) is 71.3 cm³/mol. The predicted octanol–water partition coefficient (Wildman–Crippen LogP) is 1.98. The number of amides is 2. The Bertz CT molecular complexity index is 284. The van der Waals surface area contributed by atoms with Crippen LogP contribution in [0, 0.1) is 11.8 Å². The van der Waals surface area contributed by atoms with E-state index in [-0.39, 0.29) is 12.1 Å². The second kappa shape index (κ2) is 5.91. The van der Waals surface area contributed by atoms with Crippen LogP contribution in [0.25, 0.3) is 0 Å². The van der Waals surface area contributed by atoms with Crippen LogP contribution in [0.1, 0.15) is 45.4 Å². The normalized spacial score (nSPS) is 29.7. The van der Waals surface area contributed by atoms with E-state index in [0.717, 1.165) is 31.6 Å². The molecule has 0 aliphatic heterocycles. The summed E-state index contributed by atoms with van der Waals surface area (Å²) in [6.07, 6.45) is 6.47. The Morgan fingerprint density at radius 2 is 1.89 bits per heavy atom. The lowest BCUT2D eigenvalue weighted by Gasteiger charge is -2.29. The van der Waals surface area contributed by atoms with Crippen LogP contribution < -0.4 is 5.32 Å². The Morgan fingerprint density at radius 1 is 1.28 bits per heavy atom. The molecule has 2 aliphatic carbocycles. The third kappa shape index (κ3) is 3.87. The number of hydrogen-bond acceptors (Lipinski definition) is 2. The molecule has 4 nitrogen and oxygen atoms in total. The van der Waals surface area contributed by atoms with E-state index < -0.39 is 0 Å². The molecule has 1 atom stereocenters. The zero-order valence-electron chi connectivity index (χ0n) is 11.6. The van der Waals surface area contributed by atoms with Crippen LogP contribution in [0.4, 0.5) is 4.79 Å². The maximum Gasteiger partial charge on any atom is 0.317 e. The Labute approximate surface area is 110 Å². The molecule has 2 N–H and O–H groups in total. The zero-order valence-corrected chi connectivity index (χ0v) is 11.6. The summed E-state index contributed by atoms with van der Waals surface area (Å²) < 4.78 is 0. The minimum atomic E-state index is -0.341. The highest BCUT2D eigenvalue weighted by molar-refractivity contribution is 5.74. The lowest BCUT2D eigenvalue weighted by atomic mass is 9.87. The molecule has 2 rings (SSSR count). The van der Waals surface area contributed by atoms with Crippen LogP contribution in [0.15, 0.2) is 0 Å². The van der Waals surface area contributed by atoms with Crippen molar-refractivity contribution < 1.29 is 9.90 Å². The summed E-state index contributed by atoms with van der Waals surface area (Å²) in [5, 5.41) is 12.9. The van der Waals surface area contributed by atoms with Crippen LogP contribution in [0.2, 0.25) is 0 Å². The molecular formula is C14H26N2O2. The summed E-state index contributed by atoms with van der Waals surface area (Å²) >= 11 is 0. The van der Waals surface area contributed by atoms with Gasteiger partial charge in [-0.1, -0.05) is 6.92 Å². The van der Waals surface area contributed by atoms with Crippen LogP contribution >= 0.6 is 0 Å². The van der Waals surface area contributed by atoms with E-state index in [4.69, 9.17) is 0 Å². The highest BCUT2D eigenvalue weighted by atomic mass is 16.3. The molecule has 0 aromatic carbocycles. The lowest BCUT2D eigenvalue weighted by Crippen LogP contribution is -2.46. The minimum absolute atomic E-state index is 0.0331. The van der Waals surface area contributed by atoms with E-state index in [1.165, 1.54) is 12.8 Å². The minimum Gasteiger partial charge on any atom is -0.391 e. The average Bonchev–Trinajstić information content (AvgIpc) is 3.16. The summed E-state index contributed by atoms with van der Waals surface area (Å²) in [4.78, 5) is 13.6. The number of carbonyl (C=O) groups is 1. The van der Waals surface area contributed by atoms with Gasteiger partial charge in [0, 0.05) is 19.6 Å². The van der Waals surface area contributed by atoms with E-state index in [0.29, 0.717) is 18.5 Å². The van der Waals surface area contributed by atoms with Crippen molar-refractivity contribution in [3.63, 3.8) is 0 Å². The van der Waals surface area contributed by atoms with E-state index in [1.54, 1.807) is 11.9 Å². The summed E-state index contributed by atoms with van der Waals surface area (Å²) in [7, 11) is 1.77. The number of likely N-dealkylation sites (N-methyl/N-ethyl adjacent to an activating group) is 1. The van der Waals surface area contributed by atoms with Gasteiger partial charge < -0.3 is 15.3 Å². The number of nitrogens with zero attached hydrogens (tertiary/aromatic N) is 1. The fourth-order valence-electron chi connectivity index (χ4n) is 2.68. The van der Waals surface area contributed by atoms with E-state index in [2.05, 4.69) is 12.2 Å². The standard InChI is InChI=1S/C14H26N2O2/c1-10-3-7-12(8-4-10)15-14(18)16(2)9-13(17)11-5-6-11/h10-13,17H,3-9H2,1-2H3,(H,15,18). The highest BCUT2D eigenvalue weighted by Gasteiger charge is 2.31. The molecule has 1 unspecified atom stereocenters. The van der Waals surface area contributed by atoms with Gasteiger partial charge in [-0.15, -0.1) is 0 Å². The van der Waals surface area contributed by atoms with Crippen LogP contribution in [-0.4, -0.2) is 41.8 Å². The second-order valence-electron chi connectivity index (χ2n) is 6.19. The van der Waals surface area contributed by atoms with Gasteiger partial charge in [-0.05, 0) is 50.4 Å². The molecule has 2 saturated carbocycles. The number of carbonyl (C=O) groups excluding carboxylic acids is 1. The molecule has 18 heavy (non-hydrogen) atoms. The monoisotopic (exact) mass is 254 g/mol. The number of aliphatic hydroxyl groups is 1. The fourth-order valence-corrected chi connectivity index (χ4v) is 2.68. The first kappa shape index (κ1) is 13.7. The number of aliphatic hydroxyl groups excluding tert-OH is 1. The number of urea groups is 1. The lowest BCUT2D eigenvalue weighted by molar-refractivity contribution is 0.111. The smallest absolute Gasteiger partial charge is 0.317 e. The van der Waals surface area contributed by atoms with Gasteiger partial charge in [0.05, 0.1) is 6.10 Å². The van der Waals surface area contributed by atoms with Crippen LogP contribution in [0.5, 0.6) is 0 Å². The largest absolute Gasteiger partial charge is 0.391 e. The average molecular weight is 254 g/mol. The maximum absolute atomic E-state index is 12.0. The van der Waals surface area contributed by atoms with Gasteiger partial charge in [0.25, 0.3) is 0 Å². The first-order valence-corrected chi connectivity index (χ1v) is 7.26. The highest BCUT2D eigenvalue weighted by Crippen LogP contribution is 2.32. The molecule has 0 heterocycles. The first-order chi connectivity index (χ1) is 8.56. The van der Waals surface area contributed by atoms with Crippen LogP contribution in [0.3, 0.4) is 0 Å². The topological polar surface area (TPSA) is 52.6 Å². The molecule has 0 aromatic heterocycles. The van der Waals surface area contributed by atoms with Gasteiger partial charge >= 0.3 is 6.03 Å². The van der Waals surface area contributed by atoms with Gasteiger partial charge in [-0.25, -0.2) is 4.79 Å². The van der Waals surface area contributed by atoms with Crippen molar-refractivity contribution in [1.29, 1.82) is 0 Å². The van der Waals surface area contributed by atoms with Gasteiger partial charge in [0.2, 0.25) is 0 Å². The zero-order chi connectivity index (χ0) is 13.1. The molecule has 4 heteroatoms. The quantitative estimate of drug-likeness (QED) is 0.806. The summed E-state index contributed by atoms with van der Waals surface area (Å²) in [6, 6.07) is 0.295. The third-order valence-corrected chi connectivity index (χ3v) is 4.32. The van der Waals surface area contributed by atoms with E-state index in [9.17, 15) is 9.90 Å². The molecule has 104 valence electrons. The second-order valence-corrected chi connectivity index (χ2v) is 6.19. The van der Waals surface area contributed by atoms with Gasteiger partial charge in [-0.2, -0.15) is 0 Å². The molecule has 0 aromatic rings. The van der Waals surface area contributed by atoms with Gasteiger partial charge in [0.15, 0.2) is 0 Å². The fraction of sp³-hybridized carbons (Fsp3) is 0.929. The summed E-state index contributed by atoms with van der Waals surface area (Å²) in [5.41, 5.74) is 0. The molecule has 0 spiro atoms. The molecule has 0 bridgehead atoms. The molecule has 0 radical (unpaired) electrons. The third-order valence-electron chi connectivity index (χ3n) is 4.32. The Hall–Kier alpha value is -0.770. The first-order valence-electron chi connectivity index (χ1n) is 7.26. The van der Waals surface area contributed by atoms with Crippen molar-refractivity contribution in [3.8, 4) is 0 Å². The van der Waals surface area contributed by atoms with Crippen molar-refractivity contribution in [2.45, 2.75) is 57.6 Å². The Morgan fingerprint density at radius 3 is 2.44 bits per heavy atom. The van der Waals surface area contributed by atoms with Crippen molar-refractivity contribution in [2.75, 3.05) is 13.6 Å². The van der Waals surface area contributed by atoms with Crippen molar-refractivity contribution in [2.24, 2.45) is 11.8 Å². The molecule has 2 fully saturated rings. The number of hydrogen-bond donors (Lipinski definition) is 2. The summed E-state index contributed by atoms with van der Waals surface area (Å²) in [6.45, 7) is 2.73. The maximum atomic E-state index is 12.0. The number of nitrogens with one attached hydrogen (secondary N) is 1. The molecule has 2 aliphatic rings. The number of rotatable bonds is 4. The van der Waals surface area contributed by atoms with Gasteiger partial charge in [-0.3, -0.25) is 0 Å². The molecular weight excluding hydrogens is 228 g/mol. The van der Waals surface area contributed by atoms with Gasteiger partial charge in [0.1, 0.15) is 0 Å². The molecule has 0 saturated heterocycles. The van der Waals surface area contributed by atoms with Crippen LogP contribution in [-0.2, 0) is 0 Å². The van der Waals surface area contributed by atoms with Crippen molar-refractivity contribution in [3.05, 3.63) is 0 Å². The van der Waals surface area contributed by atoms with Crippen molar-refractivity contribution >= 4 is 6.03 Å². The molecule has 2 amide bonds. The van der Waals surface area contributed by atoms with Crippen molar-refractivity contribution in [1.82, 2.24) is 10.2 Å².